The van der Waals surface area contributed by atoms with Crippen LogP contribution in [0.5, 0.6) is 0 Å². The van der Waals surface area contributed by atoms with Crippen LogP contribution in [0.3, 0.4) is 0 Å². The molecular formula is C10H15N3O3. The fourth-order valence-electron chi connectivity index (χ4n) is 2.11. The van der Waals surface area contributed by atoms with Crippen LogP contribution in [-0.2, 0) is 0 Å². The largest absolute Gasteiger partial charge is 0.476 e. The minimum atomic E-state index is -1.09. The number of rotatable bonds is 2. The number of nitrogens with zero attached hydrogens (tertiary/aromatic N) is 3. The molecule has 0 bridgehead atoms. The molecule has 16 heavy (non-hydrogen) atoms. The fraction of sp³-hybridized carbons (Fsp3) is 0.700. The van der Waals surface area contributed by atoms with Gasteiger partial charge in [0.05, 0.1) is 18.3 Å². The second-order valence-corrected chi connectivity index (χ2v) is 4.16. The fourth-order valence-corrected chi connectivity index (χ4v) is 2.11. The van der Waals surface area contributed by atoms with E-state index in [1.165, 1.54) is 10.9 Å². The van der Waals surface area contributed by atoms with Gasteiger partial charge in [0.15, 0.2) is 5.69 Å². The first-order chi connectivity index (χ1) is 7.68. The standard InChI is InChI=1S/C10H15N3O3/c14-9-5-3-1-2-4-8(9)13-6-7(10(15)16)11-12-13/h6,8-9,14H,1-5H2,(H,15,16). The number of hydrogen-bond donors (Lipinski definition) is 2. The average molecular weight is 225 g/mol. The van der Waals surface area contributed by atoms with Crippen molar-refractivity contribution < 1.29 is 15.0 Å². The molecule has 88 valence electrons. The Kier molecular flexibility index (Phi) is 3.19. The van der Waals surface area contributed by atoms with E-state index in [9.17, 15) is 9.90 Å². The highest BCUT2D eigenvalue weighted by molar-refractivity contribution is 5.84. The highest BCUT2D eigenvalue weighted by Crippen LogP contribution is 2.26. The summed E-state index contributed by atoms with van der Waals surface area (Å²) in [5, 5.41) is 26.0. The molecular weight excluding hydrogens is 210 g/mol. The van der Waals surface area contributed by atoms with Crippen LogP contribution in [0.4, 0.5) is 0 Å². The van der Waals surface area contributed by atoms with Gasteiger partial charge < -0.3 is 10.2 Å². The van der Waals surface area contributed by atoms with Crippen molar-refractivity contribution >= 4 is 5.97 Å². The summed E-state index contributed by atoms with van der Waals surface area (Å²) in [4.78, 5) is 10.7. The van der Waals surface area contributed by atoms with Gasteiger partial charge in [0.25, 0.3) is 0 Å². The van der Waals surface area contributed by atoms with Crippen molar-refractivity contribution in [2.24, 2.45) is 0 Å². The van der Waals surface area contributed by atoms with Crippen LogP contribution in [0.1, 0.15) is 48.6 Å². The van der Waals surface area contributed by atoms with Crippen LogP contribution in [0, 0.1) is 0 Å². The summed E-state index contributed by atoms with van der Waals surface area (Å²) < 4.78 is 1.49. The lowest BCUT2D eigenvalue weighted by Crippen LogP contribution is -2.23. The highest BCUT2D eigenvalue weighted by Gasteiger charge is 2.25. The minimum absolute atomic E-state index is 0.0727. The summed E-state index contributed by atoms with van der Waals surface area (Å²) in [6.45, 7) is 0. The van der Waals surface area contributed by atoms with Crippen molar-refractivity contribution in [1.29, 1.82) is 0 Å². The Bertz CT molecular complexity index is 377. The molecule has 2 unspecified atom stereocenters. The number of aromatic nitrogens is 3. The first kappa shape index (κ1) is 11.1. The van der Waals surface area contributed by atoms with Gasteiger partial charge in [0, 0.05) is 0 Å². The Labute approximate surface area is 92.9 Å². The molecule has 1 heterocycles. The quantitative estimate of drug-likeness (QED) is 0.728. The molecule has 0 saturated heterocycles. The molecule has 0 spiro atoms. The molecule has 1 fully saturated rings. The van der Waals surface area contributed by atoms with Gasteiger partial charge in [-0.3, -0.25) is 0 Å². The molecule has 1 aliphatic rings. The molecule has 1 aromatic rings. The lowest BCUT2D eigenvalue weighted by atomic mass is 10.1. The van der Waals surface area contributed by atoms with Crippen LogP contribution in [0.25, 0.3) is 0 Å². The molecule has 1 aromatic heterocycles. The molecule has 0 aliphatic heterocycles. The summed E-state index contributed by atoms with van der Waals surface area (Å²) in [5.74, 6) is -1.09. The molecule has 1 aliphatic carbocycles. The summed E-state index contributed by atoms with van der Waals surface area (Å²) >= 11 is 0. The van der Waals surface area contributed by atoms with Gasteiger partial charge in [-0.25, -0.2) is 9.48 Å². The Balaban J connectivity index is 2.17. The summed E-state index contributed by atoms with van der Waals surface area (Å²) in [6, 6.07) is -0.136. The van der Waals surface area contributed by atoms with Crippen LogP contribution >= 0.6 is 0 Å². The highest BCUT2D eigenvalue weighted by atomic mass is 16.4. The van der Waals surface area contributed by atoms with Gasteiger partial charge in [0.2, 0.25) is 0 Å². The average Bonchev–Trinajstić information content (AvgIpc) is 2.63. The predicted molar refractivity (Wildman–Crippen MR) is 55.1 cm³/mol. The molecule has 2 rings (SSSR count). The zero-order valence-electron chi connectivity index (χ0n) is 8.91. The van der Waals surface area contributed by atoms with Crippen molar-refractivity contribution in [2.45, 2.75) is 44.2 Å². The smallest absolute Gasteiger partial charge is 0.358 e. The third kappa shape index (κ3) is 2.21. The first-order valence-electron chi connectivity index (χ1n) is 5.51. The van der Waals surface area contributed by atoms with Gasteiger partial charge in [-0.2, -0.15) is 0 Å². The molecule has 0 amide bonds. The molecule has 6 heteroatoms. The second kappa shape index (κ2) is 4.61. The normalized spacial score (nSPS) is 26.3. The maximum absolute atomic E-state index is 10.7. The Morgan fingerprint density at radius 1 is 1.38 bits per heavy atom. The van der Waals surface area contributed by atoms with Crippen LogP contribution < -0.4 is 0 Å². The van der Waals surface area contributed by atoms with Crippen molar-refractivity contribution in [3.8, 4) is 0 Å². The molecule has 2 atom stereocenters. The van der Waals surface area contributed by atoms with E-state index in [0.29, 0.717) is 0 Å². The van der Waals surface area contributed by atoms with Crippen molar-refractivity contribution in [2.75, 3.05) is 0 Å². The maximum atomic E-state index is 10.7. The summed E-state index contributed by atoms with van der Waals surface area (Å²) in [6.07, 6.45) is 5.65. The third-order valence-corrected chi connectivity index (χ3v) is 3.01. The number of aliphatic hydroxyl groups excluding tert-OH is 1. The van der Waals surface area contributed by atoms with E-state index in [0.717, 1.165) is 32.1 Å². The van der Waals surface area contributed by atoms with E-state index in [2.05, 4.69) is 10.3 Å². The first-order valence-corrected chi connectivity index (χ1v) is 5.51. The van der Waals surface area contributed by atoms with Crippen molar-refractivity contribution in [3.63, 3.8) is 0 Å². The van der Waals surface area contributed by atoms with Crippen LogP contribution in [0.2, 0.25) is 0 Å². The van der Waals surface area contributed by atoms with E-state index >= 15 is 0 Å². The molecule has 1 saturated carbocycles. The molecule has 2 N–H and O–H groups in total. The lowest BCUT2D eigenvalue weighted by molar-refractivity contribution is 0.0689. The van der Waals surface area contributed by atoms with E-state index in [4.69, 9.17) is 5.11 Å². The Hall–Kier alpha value is -1.43. The second-order valence-electron chi connectivity index (χ2n) is 4.16. The number of carbonyl (C=O) groups is 1. The summed E-state index contributed by atoms with van der Waals surface area (Å²) in [7, 11) is 0. The number of aliphatic hydroxyl groups is 1. The molecule has 0 radical (unpaired) electrons. The van der Waals surface area contributed by atoms with E-state index in [1.807, 2.05) is 0 Å². The molecule has 6 nitrogen and oxygen atoms in total. The SMILES string of the molecule is O=C(O)c1cn(C2CCCCCC2O)nn1. The van der Waals surface area contributed by atoms with Crippen LogP contribution in [-0.4, -0.2) is 37.3 Å². The predicted octanol–water partition coefficient (Wildman–Crippen LogP) is 0.842. The monoisotopic (exact) mass is 225 g/mol. The van der Waals surface area contributed by atoms with Gasteiger partial charge in [-0.1, -0.05) is 24.5 Å². The number of carboxylic acids is 1. The van der Waals surface area contributed by atoms with Gasteiger partial charge >= 0.3 is 5.97 Å². The Morgan fingerprint density at radius 2 is 2.12 bits per heavy atom. The topological polar surface area (TPSA) is 88.2 Å². The number of aromatic carboxylic acids is 1. The minimum Gasteiger partial charge on any atom is -0.476 e. The van der Waals surface area contributed by atoms with Crippen molar-refractivity contribution in [1.82, 2.24) is 15.0 Å². The van der Waals surface area contributed by atoms with Crippen molar-refractivity contribution in [3.05, 3.63) is 11.9 Å². The zero-order chi connectivity index (χ0) is 11.5. The van der Waals surface area contributed by atoms with Gasteiger partial charge in [-0.05, 0) is 12.8 Å². The van der Waals surface area contributed by atoms with E-state index in [-0.39, 0.29) is 11.7 Å². The Morgan fingerprint density at radius 3 is 2.81 bits per heavy atom. The lowest BCUT2D eigenvalue weighted by Gasteiger charge is -2.19. The van der Waals surface area contributed by atoms with Crippen LogP contribution in [0.15, 0.2) is 6.20 Å². The third-order valence-electron chi connectivity index (χ3n) is 3.01. The van der Waals surface area contributed by atoms with E-state index in [1.54, 1.807) is 0 Å². The molecule has 0 aromatic carbocycles. The van der Waals surface area contributed by atoms with Gasteiger partial charge in [0.1, 0.15) is 0 Å². The van der Waals surface area contributed by atoms with E-state index < -0.39 is 12.1 Å². The maximum Gasteiger partial charge on any atom is 0.358 e. The van der Waals surface area contributed by atoms with Gasteiger partial charge in [-0.15, -0.1) is 5.10 Å². The summed E-state index contributed by atoms with van der Waals surface area (Å²) in [5.41, 5.74) is -0.0727. The number of hydrogen-bond acceptors (Lipinski definition) is 4. The number of carboxylic acid groups (broad SMARTS) is 1. The zero-order valence-corrected chi connectivity index (χ0v) is 8.91.